The number of allylic oxidation sites excluding steroid dienone is 1. The van der Waals surface area contributed by atoms with Gasteiger partial charge in [-0.15, -0.1) is 6.42 Å². The number of piperazine rings is 1. The second-order valence-corrected chi connectivity index (χ2v) is 24.0. The predicted molar refractivity (Wildman–Crippen MR) is 311 cm³/mol. The molecule has 4 N–H and O–H groups in total. The van der Waals surface area contributed by atoms with Gasteiger partial charge >= 0.3 is 18.0 Å². The van der Waals surface area contributed by atoms with Crippen molar-refractivity contribution in [3.05, 3.63) is 93.0 Å². The van der Waals surface area contributed by atoms with Crippen molar-refractivity contribution >= 4 is 57.7 Å². The molecule has 2 aromatic heterocycles. The first-order chi connectivity index (χ1) is 41.7. The number of hydrogen-bond acceptors (Lipinski definition) is 17. The monoisotopic (exact) mass is 1190 g/mol. The van der Waals surface area contributed by atoms with E-state index in [4.69, 9.17) is 44.8 Å². The van der Waals surface area contributed by atoms with Crippen LogP contribution in [-0.4, -0.2) is 153 Å². The third-order valence-electron chi connectivity index (χ3n) is 18.3. The molecule has 23 heteroatoms. The number of terminal acetylenes is 1. The molecule has 2 saturated carbocycles. The number of nitrogens with one attached hydrogen (secondary N) is 4. The van der Waals surface area contributed by atoms with Gasteiger partial charge in [-0.05, 0) is 106 Å². The number of hydrogen-bond donors (Lipinski definition) is 4. The lowest BCUT2D eigenvalue weighted by atomic mass is 9.75. The average molecular weight is 1190 g/mol. The average Bonchev–Trinajstić information content (AvgIpc) is 1.66. The number of piperidine rings is 1. The molecule has 7 aliphatic rings. The molecule has 4 aromatic rings. The summed E-state index contributed by atoms with van der Waals surface area (Å²) < 4.78 is 65.7. The Bertz CT molecular complexity index is 3300. The molecule has 3 aliphatic carbocycles. The van der Waals surface area contributed by atoms with Crippen LogP contribution in [-0.2, 0) is 51.0 Å². The zero-order valence-corrected chi connectivity index (χ0v) is 48.6. The fraction of sp³-hybridized carbons (Fsp3) is 0.556. The number of alkyl carbamates (subject to hydrolysis) is 1. The fourth-order valence-electron chi connectivity index (χ4n) is 14.1. The molecule has 5 fully saturated rings. The lowest BCUT2D eigenvalue weighted by molar-refractivity contribution is -0.825. The highest BCUT2D eigenvalue weighted by Crippen LogP contribution is 2.54. The SMILES string of the molecule is C#Cc1c(F)ccc2c1C(c1ncc3c(N4CC5CCC(C4)N5)nc(OC[C@@]45CC[C@@H](COC(=O)NCCOCCOCCOCCOCCC(=O)Nc6cccc7c6C[N+]([O-])(C6CCC(=O)NC6=O)C7=O)CCC4CC(C)C5)nc3c1F)=CCC2. The van der Waals surface area contributed by atoms with Crippen molar-refractivity contribution in [1.29, 1.82) is 0 Å². The van der Waals surface area contributed by atoms with E-state index in [0.29, 0.717) is 123 Å². The second kappa shape index (κ2) is 26.9. The van der Waals surface area contributed by atoms with E-state index in [9.17, 15) is 29.2 Å². The van der Waals surface area contributed by atoms with Gasteiger partial charge in [-0.2, -0.15) is 9.97 Å². The summed E-state index contributed by atoms with van der Waals surface area (Å²) in [5.41, 5.74) is 2.69. The number of nitrogens with zero attached hydrogens (tertiary/aromatic N) is 5. The molecular formula is C63H75F2N9O12. The number of halogens is 2. The summed E-state index contributed by atoms with van der Waals surface area (Å²) in [7, 11) is 0. The van der Waals surface area contributed by atoms with Gasteiger partial charge in [0, 0.05) is 72.9 Å². The maximum atomic E-state index is 17.3. The van der Waals surface area contributed by atoms with Crippen LogP contribution in [0.2, 0.25) is 0 Å². The van der Waals surface area contributed by atoms with Gasteiger partial charge in [0.05, 0.1) is 94.7 Å². The smallest absolute Gasteiger partial charge is 0.407 e. The van der Waals surface area contributed by atoms with Gasteiger partial charge in [0.25, 0.3) is 5.91 Å². The number of carbonyl (C=O) groups is 5. The predicted octanol–water partition coefficient (Wildman–Crippen LogP) is 6.80. The van der Waals surface area contributed by atoms with Crippen molar-refractivity contribution in [2.24, 2.45) is 23.2 Å². The summed E-state index contributed by atoms with van der Waals surface area (Å²) >= 11 is 0. The van der Waals surface area contributed by atoms with Gasteiger partial charge in [0.2, 0.25) is 11.8 Å². The summed E-state index contributed by atoms with van der Waals surface area (Å²) in [6.45, 7) is 6.52. The first-order valence-electron chi connectivity index (χ1n) is 30.3. The van der Waals surface area contributed by atoms with Crippen molar-refractivity contribution in [3.8, 4) is 18.4 Å². The molecule has 86 heavy (non-hydrogen) atoms. The Balaban J connectivity index is 0.574. The highest BCUT2D eigenvalue weighted by molar-refractivity contribution is 6.03. The van der Waals surface area contributed by atoms with Crippen LogP contribution in [0.3, 0.4) is 0 Å². The van der Waals surface area contributed by atoms with Gasteiger partial charge in [0.1, 0.15) is 29.4 Å². The van der Waals surface area contributed by atoms with Crippen LogP contribution in [0.4, 0.5) is 25.1 Å². The molecule has 6 heterocycles. The molecule has 3 saturated heterocycles. The van der Waals surface area contributed by atoms with Gasteiger partial charge in [-0.1, -0.05) is 31.1 Å². The van der Waals surface area contributed by atoms with Crippen LogP contribution in [0.1, 0.15) is 122 Å². The number of aromatic nitrogens is 3. The van der Waals surface area contributed by atoms with Crippen LogP contribution < -0.4 is 30.9 Å². The number of quaternary nitrogens is 1. The maximum Gasteiger partial charge on any atom is 0.407 e. The Morgan fingerprint density at radius 2 is 1.67 bits per heavy atom. The Hall–Kier alpha value is -7.04. The van der Waals surface area contributed by atoms with E-state index in [-0.39, 0.29) is 104 Å². The topological polar surface area (TPSA) is 254 Å². The number of carbonyl (C=O) groups excluding carboxylic acids is 5. The van der Waals surface area contributed by atoms with Crippen molar-refractivity contribution in [2.45, 2.75) is 115 Å². The van der Waals surface area contributed by atoms with E-state index in [2.05, 4.69) is 44.0 Å². The number of rotatable bonds is 24. The highest BCUT2D eigenvalue weighted by Gasteiger charge is 2.51. The lowest BCUT2D eigenvalue weighted by Crippen LogP contribution is -2.60. The van der Waals surface area contributed by atoms with E-state index in [0.717, 1.165) is 56.9 Å². The van der Waals surface area contributed by atoms with Crippen LogP contribution >= 0.6 is 0 Å². The number of fused-ring (bicyclic) bond motifs is 6. The third-order valence-corrected chi connectivity index (χ3v) is 18.3. The van der Waals surface area contributed by atoms with Crippen molar-refractivity contribution in [1.82, 2.24) is 30.9 Å². The molecule has 11 rings (SSSR count). The van der Waals surface area contributed by atoms with E-state index >= 15 is 8.78 Å². The molecule has 0 radical (unpaired) electrons. The molecule has 4 aliphatic heterocycles. The third kappa shape index (κ3) is 13.3. The number of pyridine rings is 1. The Labute approximate surface area is 498 Å². The molecule has 21 nitrogen and oxygen atoms in total. The fourth-order valence-corrected chi connectivity index (χ4v) is 14.1. The largest absolute Gasteiger partial charge is 0.624 e. The molecule has 5 amide bonds. The second-order valence-electron chi connectivity index (χ2n) is 24.0. The molecular weight excluding hydrogens is 1110 g/mol. The number of benzene rings is 2. The highest BCUT2D eigenvalue weighted by atomic mass is 19.1. The molecule has 6 unspecified atom stereocenters. The van der Waals surface area contributed by atoms with Crippen LogP contribution in [0.25, 0.3) is 16.5 Å². The Kier molecular flexibility index (Phi) is 19.0. The first kappa shape index (κ1) is 60.6. The lowest BCUT2D eigenvalue weighted by Gasteiger charge is -2.42. The number of imide groups is 1. The summed E-state index contributed by atoms with van der Waals surface area (Å²) in [6, 6.07) is 7.17. The van der Waals surface area contributed by atoms with Gasteiger partial charge in [-0.25, -0.2) is 18.4 Å². The van der Waals surface area contributed by atoms with Crippen LogP contribution in [0.5, 0.6) is 6.01 Å². The Morgan fingerprint density at radius 3 is 2.43 bits per heavy atom. The van der Waals surface area contributed by atoms with E-state index in [1.807, 2.05) is 6.08 Å². The van der Waals surface area contributed by atoms with Gasteiger partial charge < -0.3 is 54.5 Å². The van der Waals surface area contributed by atoms with Crippen molar-refractivity contribution < 1.29 is 65.8 Å². The van der Waals surface area contributed by atoms with E-state index < -0.39 is 46.1 Å². The standard InChI is InChI=1S/C63H75F2N9O12/c1-3-44-49(64)15-11-40-6-4-8-46(54(40)44)56-55(65)57-47(32-67-56)58(73-33-42-13-14-43(34-73)68-42)72-61(71-57)86-37-63-20-18-39(10-12-41(63)30-38(2)31-63)36-85-62(79)66-21-23-82-25-27-84-29-28-83-26-24-81-22-19-53(76)69-50-9-5-7-45-48(50)35-74(80,60(45)78)51-16-17-52(75)70-59(51)77/h1,5,7-9,11,15,32,38-39,41-43,51,68H,4,6,10,12-14,16-31,33-37H2,2H3,(H,66,79)(H,69,76)(H,70,75,77)/t38?,39-,41?,42?,43?,51?,63-,74?/m0/s1. The summed E-state index contributed by atoms with van der Waals surface area (Å²) in [6.07, 6.45) is 17.8. The van der Waals surface area contributed by atoms with Crippen molar-refractivity contribution in [3.63, 3.8) is 0 Å². The van der Waals surface area contributed by atoms with Crippen LogP contribution in [0.15, 0.2) is 42.6 Å². The normalized spacial score (nSPS) is 25.8. The minimum absolute atomic E-state index is 0.0129. The minimum atomic E-state index is -1.44. The van der Waals surface area contributed by atoms with Gasteiger partial charge in [0.15, 0.2) is 11.9 Å². The number of aryl methyl sites for hydroxylation is 1. The molecule has 0 spiro atoms. The number of ether oxygens (including phenoxy) is 6. The quantitative estimate of drug-likeness (QED) is 0.0185. The van der Waals surface area contributed by atoms with Crippen molar-refractivity contribution in [2.75, 3.05) is 95.9 Å². The minimum Gasteiger partial charge on any atom is -0.624 e. The Morgan fingerprint density at radius 1 is 0.919 bits per heavy atom. The number of amides is 5. The van der Waals surface area contributed by atoms with Gasteiger partial charge in [-0.3, -0.25) is 29.3 Å². The molecule has 2 aromatic carbocycles. The van der Waals surface area contributed by atoms with Crippen LogP contribution in [0, 0.1) is 52.4 Å². The number of hydroxylamine groups is 3. The van der Waals surface area contributed by atoms with E-state index in [1.165, 1.54) is 12.1 Å². The summed E-state index contributed by atoms with van der Waals surface area (Å²) in [4.78, 5) is 79.5. The zero-order chi connectivity index (χ0) is 60.0. The summed E-state index contributed by atoms with van der Waals surface area (Å²) in [5, 5.41) is 25.5. The molecule has 2 bridgehead atoms. The summed E-state index contributed by atoms with van der Waals surface area (Å²) in [5.74, 6) is 0.562. The molecule has 458 valence electrons. The zero-order valence-electron chi connectivity index (χ0n) is 48.6. The van der Waals surface area contributed by atoms with E-state index in [1.54, 1.807) is 24.4 Å². The maximum absolute atomic E-state index is 17.3. The number of anilines is 2. The first-order valence-corrected chi connectivity index (χ1v) is 30.3. The molecule has 8 atom stereocenters.